The fraction of sp³-hybridized carbons (Fsp3) is 0.636. The van der Waals surface area contributed by atoms with Gasteiger partial charge in [0.1, 0.15) is 4.88 Å². The molecule has 0 saturated carbocycles. The highest BCUT2D eigenvalue weighted by Crippen LogP contribution is 2.23. The van der Waals surface area contributed by atoms with Crippen LogP contribution in [-0.4, -0.2) is 34.3 Å². The number of amides is 1. The number of thiazole rings is 1. The topological polar surface area (TPSA) is 33.2 Å². The van der Waals surface area contributed by atoms with Crippen molar-refractivity contribution >= 4 is 28.8 Å². The summed E-state index contributed by atoms with van der Waals surface area (Å²) in [6.07, 6.45) is 3.27. The molecule has 0 aromatic carbocycles. The summed E-state index contributed by atoms with van der Waals surface area (Å²) in [6.45, 7) is 2.71. The lowest BCUT2D eigenvalue weighted by molar-refractivity contribution is 0.0643. The molecule has 1 amide bonds. The molecule has 1 aromatic heterocycles. The molecule has 1 aliphatic heterocycles. The van der Waals surface area contributed by atoms with Gasteiger partial charge >= 0.3 is 0 Å². The van der Waals surface area contributed by atoms with Crippen LogP contribution >= 0.6 is 22.9 Å². The first-order valence-electron chi connectivity index (χ1n) is 5.51. The summed E-state index contributed by atoms with van der Waals surface area (Å²) in [5.74, 6) is 0.634. The number of likely N-dealkylation sites (tertiary alicyclic amines) is 1. The van der Waals surface area contributed by atoms with Crippen LogP contribution in [0, 0.1) is 6.92 Å². The van der Waals surface area contributed by atoms with Gasteiger partial charge in [-0.05, 0) is 26.2 Å². The summed E-state index contributed by atoms with van der Waals surface area (Å²) in [7, 11) is 0. The Hall–Kier alpha value is -0.610. The second kappa shape index (κ2) is 5.15. The maximum Gasteiger partial charge on any atom is 0.266 e. The minimum atomic E-state index is 0.102. The molecule has 0 aliphatic carbocycles. The van der Waals surface area contributed by atoms with E-state index in [1.165, 1.54) is 17.8 Å². The van der Waals surface area contributed by atoms with E-state index in [0.717, 1.165) is 30.0 Å². The molecule has 2 rings (SSSR count). The molecule has 16 heavy (non-hydrogen) atoms. The number of aryl methyl sites for hydroxylation is 1. The minimum absolute atomic E-state index is 0.102. The highest BCUT2D eigenvalue weighted by atomic mass is 35.5. The highest BCUT2D eigenvalue weighted by molar-refractivity contribution is 7.11. The van der Waals surface area contributed by atoms with Crippen molar-refractivity contribution < 1.29 is 4.79 Å². The lowest BCUT2D eigenvalue weighted by atomic mass is 10.0. The highest BCUT2D eigenvalue weighted by Gasteiger charge is 2.28. The van der Waals surface area contributed by atoms with E-state index in [-0.39, 0.29) is 11.9 Å². The van der Waals surface area contributed by atoms with E-state index in [2.05, 4.69) is 4.98 Å². The van der Waals surface area contributed by atoms with E-state index in [4.69, 9.17) is 11.6 Å². The lowest BCUT2D eigenvalue weighted by Gasteiger charge is -2.34. The van der Waals surface area contributed by atoms with Gasteiger partial charge in [-0.3, -0.25) is 4.79 Å². The number of nitrogens with zero attached hydrogens (tertiary/aromatic N) is 2. The average Bonchev–Trinajstić information content (AvgIpc) is 2.74. The molecular weight excluding hydrogens is 244 g/mol. The average molecular weight is 259 g/mol. The van der Waals surface area contributed by atoms with Crippen LogP contribution in [0.1, 0.15) is 34.6 Å². The Morgan fingerprint density at radius 3 is 3.12 bits per heavy atom. The monoisotopic (exact) mass is 258 g/mol. The van der Waals surface area contributed by atoms with Crippen LogP contribution < -0.4 is 0 Å². The summed E-state index contributed by atoms with van der Waals surface area (Å²) in [5, 5.41) is 0. The first-order valence-corrected chi connectivity index (χ1v) is 6.92. The summed E-state index contributed by atoms with van der Waals surface area (Å²) in [5.41, 5.74) is 2.55. The maximum atomic E-state index is 12.3. The Bertz CT molecular complexity index is 380. The molecule has 1 fully saturated rings. The molecule has 3 nitrogen and oxygen atoms in total. The number of carbonyl (C=O) groups is 1. The largest absolute Gasteiger partial charge is 0.334 e. The van der Waals surface area contributed by atoms with Crippen molar-refractivity contribution in [2.75, 3.05) is 12.4 Å². The van der Waals surface area contributed by atoms with Gasteiger partial charge in [-0.25, -0.2) is 4.98 Å². The molecule has 1 aliphatic rings. The normalized spacial score (nSPS) is 21.1. The predicted molar refractivity (Wildman–Crippen MR) is 66.2 cm³/mol. The summed E-state index contributed by atoms with van der Waals surface area (Å²) in [4.78, 5) is 19.1. The van der Waals surface area contributed by atoms with Crippen LogP contribution in [0.2, 0.25) is 0 Å². The number of rotatable bonds is 2. The van der Waals surface area contributed by atoms with Crippen molar-refractivity contribution in [2.24, 2.45) is 0 Å². The summed E-state index contributed by atoms with van der Waals surface area (Å²) >= 11 is 7.33. The Morgan fingerprint density at radius 2 is 2.50 bits per heavy atom. The molecule has 2 heterocycles. The molecule has 0 spiro atoms. The summed E-state index contributed by atoms with van der Waals surface area (Å²) < 4.78 is 0. The van der Waals surface area contributed by atoms with Crippen molar-refractivity contribution in [3.8, 4) is 0 Å². The molecule has 0 N–H and O–H groups in total. The van der Waals surface area contributed by atoms with Gasteiger partial charge in [0.25, 0.3) is 5.91 Å². The van der Waals surface area contributed by atoms with Crippen molar-refractivity contribution in [2.45, 2.75) is 32.2 Å². The number of hydrogen-bond donors (Lipinski definition) is 0. The zero-order chi connectivity index (χ0) is 11.5. The SMILES string of the molecule is Cc1ncsc1C(=O)N1CCCCC1CCl. The number of aromatic nitrogens is 1. The van der Waals surface area contributed by atoms with Crippen molar-refractivity contribution in [3.05, 3.63) is 16.1 Å². The van der Waals surface area contributed by atoms with Gasteiger partial charge in [0.15, 0.2) is 0 Å². The van der Waals surface area contributed by atoms with Crippen molar-refractivity contribution in [1.82, 2.24) is 9.88 Å². The molecule has 1 saturated heterocycles. The smallest absolute Gasteiger partial charge is 0.266 e. The number of piperidine rings is 1. The fourth-order valence-corrected chi connectivity index (χ4v) is 3.14. The third-order valence-corrected chi connectivity index (χ3v) is 4.28. The molecule has 88 valence electrons. The van der Waals surface area contributed by atoms with Crippen LogP contribution in [-0.2, 0) is 0 Å². The van der Waals surface area contributed by atoms with E-state index in [1.54, 1.807) is 5.51 Å². The van der Waals surface area contributed by atoms with E-state index in [1.807, 2.05) is 11.8 Å². The van der Waals surface area contributed by atoms with E-state index >= 15 is 0 Å². The third kappa shape index (κ3) is 2.23. The molecule has 1 unspecified atom stereocenters. The van der Waals surface area contributed by atoms with Crippen LogP contribution in [0.25, 0.3) is 0 Å². The van der Waals surface area contributed by atoms with Gasteiger partial charge in [0, 0.05) is 18.5 Å². The molecule has 5 heteroatoms. The second-order valence-electron chi connectivity index (χ2n) is 4.07. The van der Waals surface area contributed by atoms with Crippen LogP contribution in [0.4, 0.5) is 0 Å². The number of hydrogen-bond acceptors (Lipinski definition) is 3. The van der Waals surface area contributed by atoms with E-state index < -0.39 is 0 Å². The Labute approximate surface area is 104 Å². The van der Waals surface area contributed by atoms with Crippen molar-refractivity contribution in [3.63, 3.8) is 0 Å². The van der Waals surface area contributed by atoms with Crippen LogP contribution in [0.5, 0.6) is 0 Å². The van der Waals surface area contributed by atoms with Gasteiger partial charge in [-0.15, -0.1) is 22.9 Å². The molecule has 1 atom stereocenters. The van der Waals surface area contributed by atoms with Gasteiger partial charge in [0.05, 0.1) is 11.2 Å². The summed E-state index contributed by atoms with van der Waals surface area (Å²) in [6, 6.07) is 0.199. The zero-order valence-corrected chi connectivity index (χ0v) is 10.9. The molecule has 1 aromatic rings. The van der Waals surface area contributed by atoms with Crippen molar-refractivity contribution in [1.29, 1.82) is 0 Å². The quantitative estimate of drug-likeness (QED) is 0.765. The Morgan fingerprint density at radius 1 is 1.69 bits per heavy atom. The number of alkyl halides is 1. The van der Waals surface area contributed by atoms with Crippen LogP contribution in [0.15, 0.2) is 5.51 Å². The van der Waals surface area contributed by atoms with Gasteiger partial charge in [-0.1, -0.05) is 0 Å². The van der Waals surface area contributed by atoms with Gasteiger partial charge < -0.3 is 4.90 Å². The number of halogens is 1. The third-order valence-electron chi connectivity index (χ3n) is 3.01. The lowest BCUT2D eigenvalue weighted by Crippen LogP contribution is -2.44. The zero-order valence-electron chi connectivity index (χ0n) is 9.28. The predicted octanol–water partition coefficient (Wildman–Crippen LogP) is 2.69. The van der Waals surface area contributed by atoms with Crippen LogP contribution in [0.3, 0.4) is 0 Å². The molecular formula is C11H15ClN2OS. The Kier molecular flexibility index (Phi) is 3.82. The van der Waals surface area contributed by atoms with E-state index in [0.29, 0.717) is 5.88 Å². The molecule has 0 bridgehead atoms. The number of carbonyl (C=O) groups excluding carboxylic acids is 1. The van der Waals surface area contributed by atoms with E-state index in [9.17, 15) is 4.79 Å². The minimum Gasteiger partial charge on any atom is -0.334 e. The van der Waals surface area contributed by atoms with Gasteiger partial charge in [-0.2, -0.15) is 0 Å². The maximum absolute atomic E-state index is 12.3. The standard InChI is InChI=1S/C11H15ClN2OS/c1-8-10(16-7-13-8)11(15)14-5-3-2-4-9(14)6-12/h7,9H,2-6H2,1H3. The fourth-order valence-electron chi connectivity index (χ4n) is 2.07. The second-order valence-corrected chi connectivity index (χ2v) is 5.23. The Balaban J connectivity index is 2.17. The molecule has 0 radical (unpaired) electrons. The van der Waals surface area contributed by atoms with Gasteiger partial charge in [0.2, 0.25) is 0 Å². The first-order chi connectivity index (χ1) is 7.74. The first kappa shape index (κ1) is 11.9.